The van der Waals surface area contributed by atoms with Gasteiger partial charge in [-0.25, -0.2) is 4.39 Å². The third-order valence-corrected chi connectivity index (χ3v) is 5.72. The van der Waals surface area contributed by atoms with Crippen molar-refractivity contribution in [3.63, 3.8) is 0 Å². The van der Waals surface area contributed by atoms with Crippen molar-refractivity contribution in [1.82, 2.24) is 9.47 Å². The second-order valence-corrected chi connectivity index (χ2v) is 7.74. The van der Waals surface area contributed by atoms with Crippen molar-refractivity contribution in [2.75, 3.05) is 19.8 Å². The molecule has 0 fully saturated rings. The minimum absolute atomic E-state index is 0.171. The molecule has 0 radical (unpaired) electrons. The van der Waals surface area contributed by atoms with Crippen LogP contribution in [-0.2, 0) is 19.6 Å². The van der Waals surface area contributed by atoms with Crippen molar-refractivity contribution in [2.24, 2.45) is 0 Å². The average molecular weight is 418 g/mol. The minimum Gasteiger partial charge on any atom is -0.489 e. The molecule has 0 unspecified atom stereocenters. The lowest BCUT2D eigenvalue weighted by molar-refractivity contribution is 0.223. The van der Waals surface area contributed by atoms with Crippen molar-refractivity contribution in [2.45, 2.75) is 19.6 Å². The summed E-state index contributed by atoms with van der Waals surface area (Å²) in [6.45, 7) is 2.00. The molecule has 31 heavy (non-hydrogen) atoms. The number of fused-ring (bicyclic) bond motifs is 3. The minimum atomic E-state index is -0.344. The first-order valence-electron chi connectivity index (χ1n) is 10.4. The van der Waals surface area contributed by atoms with E-state index in [9.17, 15) is 9.18 Å². The smallest absolute Gasteiger partial charge is 0.258 e. The molecule has 2 aromatic heterocycles. The number of ether oxygens (including phenoxy) is 1. The van der Waals surface area contributed by atoms with Crippen LogP contribution < -0.4 is 10.3 Å². The van der Waals surface area contributed by atoms with Crippen molar-refractivity contribution < 1.29 is 13.5 Å². The molecule has 0 saturated carbocycles. The van der Waals surface area contributed by atoms with E-state index in [1.807, 2.05) is 48.5 Å². The number of alkyl halides is 1. The van der Waals surface area contributed by atoms with E-state index in [0.717, 1.165) is 46.5 Å². The van der Waals surface area contributed by atoms with Gasteiger partial charge in [0.1, 0.15) is 30.4 Å². The van der Waals surface area contributed by atoms with Crippen LogP contribution in [0.15, 0.2) is 76.1 Å². The molecule has 2 aromatic carbocycles. The van der Waals surface area contributed by atoms with Gasteiger partial charge < -0.3 is 9.15 Å². The van der Waals surface area contributed by atoms with E-state index < -0.39 is 0 Å². The summed E-state index contributed by atoms with van der Waals surface area (Å²) < 4.78 is 26.1. The summed E-state index contributed by atoms with van der Waals surface area (Å²) >= 11 is 0. The average Bonchev–Trinajstić information content (AvgIpc) is 3.16. The van der Waals surface area contributed by atoms with E-state index in [-0.39, 0.29) is 12.2 Å². The number of benzene rings is 2. The third kappa shape index (κ3) is 3.99. The number of rotatable bonds is 6. The van der Waals surface area contributed by atoms with Crippen molar-refractivity contribution in [1.29, 1.82) is 0 Å². The molecule has 0 bridgehead atoms. The second kappa shape index (κ2) is 8.40. The molecule has 1 aliphatic heterocycles. The summed E-state index contributed by atoms with van der Waals surface area (Å²) in [6, 6.07) is 18.9. The molecule has 4 aromatic rings. The molecular formula is C25H23FN2O3. The van der Waals surface area contributed by atoms with Gasteiger partial charge in [-0.3, -0.25) is 14.3 Å². The quantitative estimate of drug-likeness (QED) is 0.463. The van der Waals surface area contributed by atoms with Crippen LogP contribution in [0.1, 0.15) is 16.9 Å². The van der Waals surface area contributed by atoms with E-state index in [1.54, 1.807) is 16.8 Å². The number of hydrogen-bond donors (Lipinski definition) is 0. The van der Waals surface area contributed by atoms with E-state index in [2.05, 4.69) is 4.90 Å². The molecular weight excluding hydrogens is 395 g/mol. The van der Waals surface area contributed by atoms with Crippen LogP contribution in [0.5, 0.6) is 5.75 Å². The fraction of sp³-hybridized carbons (Fsp3) is 0.240. The molecule has 0 atom stereocenters. The number of hydrogen-bond acceptors (Lipinski definition) is 4. The van der Waals surface area contributed by atoms with Gasteiger partial charge in [0.05, 0.1) is 5.69 Å². The van der Waals surface area contributed by atoms with Crippen LogP contribution in [0.3, 0.4) is 0 Å². The highest BCUT2D eigenvalue weighted by molar-refractivity contribution is 5.84. The summed E-state index contributed by atoms with van der Waals surface area (Å²) in [5, 5.41) is 1.03. The number of pyridine rings is 1. The lowest BCUT2D eigenvalue weighted by Gasteiger charge is -2.24. The molecule has 1 aliphatic rings. The Bertz CT molecular complexity index is 1260. The zero-order valence-electron chi connectivity index (χ0n) is 17.1. The van der Waals surface area contributed by atoms with Gasteiger partial charge in [-0.15, -0.1) is 0 Å². The molecule has 0 saturated heterocycles. The predicted molar refractivity (Wildman–Crippen MR) is 118 cm³/mol. The largest absolute Gasteiger partial charge is 0.489 e. The van der Waals surface area contributed by atoms with Crippen LogP contribution in [0.2, 0.25) is 0 Å². The number of furan rings is 1. The highest BCUT2D eigenvalue weighted by Crippen LogP contribution is 2.31. The first-order chi connectivity index (χ1) is 15.2. The monoisotopic (exact) mass is 418 g/mol. The van der Waals surface area contributed by atoms with Gasteiger partial charge in [0, 0.05) is 55.3 Å². The van der Waals surface area contributed by atoms with Gasteiger partial charge in [0.15, 0.2) is 0 Å². The van der Waals surface area contributed by atoms with E-state index in [0.29, 0.717) is 25.4 Å². The van der Waals surface area contributed by atoms with Crippen molar-refractivity contribution in [3.8, 4) is 11.4 Å². The number of aromatic nitrogens is 1. The summed E-state index contributed by atoms with van der Waals surface area (Å²) in [7, 11) is 0. The van der Waals surface area contributed by atoms with E-state index in [1.165, 1.54) is 6.07 Å². The van der Waals surface area contributed by atoms with Gasteiger partial charge in [0.25, 0.3) is 5.56 Å². The van der Waals surface area contributed by atoms with Gasteiger partial charge in [0.2, 0.25) is 0 Å². The molecule has 5 rings (SSSR count). The molecule has 0 amide bonds. The van der Waals surface area contributed by atoms with Gasteiger partial charge >= 0.3 is 0 Å². The Kier molecular flexibility index (Phi) is 5.30. The normalized spacial score (nSPS) is 14.0. The lowest BCUT2D eigenvalue weighted by atomic mass is 10.0. The SMILES string of the molecule is O=c1cc(OCc2ccccc2)ccn1-c1ccc2c3c(oc2c1)CCN(CCF)C3. The molecule has 0 spiro atoms. The maximum Gasteiger partial charge on any atom is 0.258 e. The standard InChI is InChI=1S/C25H23FN2O3/c26-10-13-27-11-9-23-22(16-27)21-7-6-19(14-24(21)31-23)28-12-8-20(15-25(28)29)30-17-18-4-2-1-3-5-18/h1-8,12,14-15H,9-11,13,16-17H2. The first kappa shape index (κ1) is 19.6. The van der Waals surface area contributed by atoms with Gasteiger partial charge in [-0.1, -0.05) is 30.3 Å². The van der Waals surface area contributed by atoms with Gasteiger partial charge in [-0.2, -0.15) is 0 Å². The maximum atomic E-state index is 12.7. The highest BCUT2D eigenvalue weighted by Gasteiger charge is 2.22. The molecule has 5 nitrogen and oxygen atoms in total. The lowest BCUT2D eigenvalue weighted by Crippen LogP contribution is -2.31. The van der Waals surface area contributed by atoms with Crippen LogP contribution in [0, 0.1) is 0 Å². The fourth-order valence-corrected chi connectivity index (χ4v) is 4.09. The molecule has 3 heterocycles. The summed E-state index contributed by atoms with van der Waals surface area (Å²) in [5.41, 5.74) is 3.48. The number of nitrogens with zero attached hydrogens (tertiary/aromatic N) is 2. The Morgan fingerprint density at radius 1 is 1.06 bits per heavy atom. The fourth-order valence-electron chi connectivity index (χ4n) is 4.09. The summed E-state index contributed by atoms with van der Waals surface area (Å²) in [4.78, 5) is 14.8. The van der Waals surface area contributed by atoms with Crippen LogP contribution in [0.4, 0.5) is 4.39 Å². The molecule has 0 aliphatic carbocycles. The predicted octanol–water partition coefficient (Wildman–Crippen LogP) is 4.49. The molecule has 6 heteroatoms. The molecule has 0 N–H and O–H groups in total. The topological polar surface area (TPSA) is 47.6 Å². The highest BCUT2D eigenvalue weighted by atomic mass is 19.1. The van der Waals surface area contributed by atoms with E-state index >= 15 is 0 Å². The maximum absolute atomic E-state index is 12.7. The zero-order valence-corrected chi connectivity index (χ0v) is 17.1. The van der Waals surface area contributed by atoms with Crippen molar-refractivity contribution in [3.05, 3.63) is 94.1 Å². The van der Waals surface area contributed by atoms with E-state index in [4.69, 9.17) is 9.15 Å². The Balaban J connectivity index is 1.39. The summed E-state index contributed by atoms with van der Waals surface area (Å²) in [5.74, 6) is 1.49. The van der Waals surface area contributed by atoms with Gasteiger partial charge in [-0.05, 0) is 23.8 Å². The Morgan fingerprint density at radius 2 is 1.94 bits per heavy atom. The summed E-state index contributed by atoms with van der Waals surface area (Å²) in [6.07, 6.45) is 2.49. The van der Waals surface area contributed by atoms with Crippen LogP contribution in [-0.4, -0.2) is 29.2 Å². The Labute approximate surface area is 179 Å². The number of halogens is 1. The van der Waals surface area contributed by atoms with Crippen LogP contribution in [0.25, 0.3) is 16.7 Å². The Hall–Kier alpha value is -3.38. The van der Waals surface area contributed by atoms with Crippen LogP contribution >= 0.6 is 0 Å². The third-order valence-electron chi connectivity index (χ3n) is 5.72. The zero-order chi connectivity index (χ0) is 21.2. The van der Waals surface area contributed by atoms with Crippen molar-refractivity contribution >= 4 is 11.0 Å². The first-order valence-corrected chi connectivity index (χ1v) is 10.4. The molecule has 158 valence electrons. The Morgan fingerprint density at radius 3 is 2.74 bits per heavy atom. The second-order valence-electron chi connectivity index (χ2n) is 7.74.